The van der Waals surface area contributed by atoms with E-state index in [0.29, 0.717) is 55.7 Å². The SMILES string of the molecule is N#CC(C#N)=C1C2=C(C(=C(C#N)C#N)c3cc(-c4ccc(F)c(F)c4)ccc32)c2ccc(-c3ccc(F)c(F)c3)cc21. The topological polar surface area (TPSA) is 95.2 Å². The molecule has 8 heteroatoms. The van der Waals surface area contributed by atoms with Gasteiger partial charge in [-0.3, -0.25) is 0 Å². The molecule has 0 N–H and O–H groups in total. The van der Waals surface area contributed by atoms with E-state index in [1.165, 1.54) is 12.1 Å². The Hall–Kier alpha value is -6.22. The molecule has 0 spiro atoms. The normalized spacial score (nSPS) is 12.5. The summed E-state index contributed by atoms with van der Waals surface area (Å²) in [6, 6.07) is 24.5. The fraction of sp³-hybridized carbons (Fsp3) is 0. The summed E-state index contributed by atoms with van der Waals surface area (Å²) in [5.41, 5.74) is 4.63. The van der Waals surface area contributed by atoms with Crippen molar-refractivity contribution in [3.63, 3.8) is 0 Å². The largest absolute Gasteiger partial charge is 0.204 e. The van der Waals surface area contributed by atoms with Crippen molar-refractivity contribution in [2.45, 2.75) is 0 Å². The Balaban J connectivity index is 1.64. The summed E-state index contributed by atoms with van der Waals surface area (Å²) in [7, 11) is 0. The lowest BCUT2D eigenvalue weighted by Gasteiger charge is -2.15. The predicted molar refractivity (Wildman–Crippen MR) is 147 cm³/mol. The first-order valence-corrected chi connectivity index (χ1v) is 12.4. The fourth-order valence-corrected chi connectivity index (χ4v) is 5.50. The molecule has 0 atom stereocenters. The highest BCUT2D eigenvalue weighted by atomic mass is 19.2. The molecule has 0 fully saturated rings. The predicted octanol–water partition coefficient (Wildman–Crippen LogP) is 8.12. The number of nitrogens with zero attached hydrogens (tertiary/aromatic N) is 4. The Morgan fingerprint density at radius 1 is 0.405 bits per heavy atom. The van der Waals surface area contributed by atoms with Gasteiger partial charge in [-0.05, 0) is 80.9 Å². The number of hydrogen-bond acceptors (Lipinski definition) is 4. The number of benzene rings is 4. The first-order chi connectivity index (χ1) is 20.3. The Kier molecular flexibility index (Phi) is 6.05. The molecule has 0 aromatic heterocycles. The quantitative estimate of drug-likeness (QED) is 0.185. The number of allylic oxidation sites excluding steroid dienone is 6. The number of hydrogen-bond donors (Lipinski definition) is 0. The Labute approximate surface area is 236 Å². The van der Waals surface area contributed by atoms with Crippen LogP contribution in [-0.2, 0) is 0 Å². The maximum atomic E-state index is 14.0. The average Bonchev–Trinajstić information content (AvgIpc) is 3.50. The fourth-order valence-electron chi connectivity index (χ4n) is 5.50. The number of rotatable bonds is 2. The highest BCUT2D eigenvalue weighted by Gasteiger charge is 2.40. The summed E-state index contributed by atoms with van der Waals surface area (Å²) in [4.78, 5) is 0. The van der Waals surface area contributed by atoms with E-state index < -0.39 is 23.3 Å². The maximum absolute atomic E-state index is 14.0. The molecule has 0 radical (unpaired) electrons. The molecule has 196 valence electrons. The van der Waals surface area contributed by atoms with Crippen LogP contribution in [0.1, 0.15) is 22.3 Å². The summed E-state index contributed by atoms with van der Waals surface area (Å²) in [5, 5.41) is 39.7. The second-order valence-electron chi connectivity index (χ2n) is 9.48. The Morgan fingerprint density at radius 2 is 0.738 bits per heavy atom. The minimum Gasteiger partial charge on any atom is -0.204 e. The maximum Gasteiger partial charge on any atom is 0.159 e. The first kappa shape index (κ1) is 26.0. The molecule has 4 nitrogen and oxygen atoms in total. The van der Waals surface area contributed by atoms with Crippen LogP contribution in [0.4, 0.5) is 17.6 Å². The van der Waals surface area contributed by atoms with Crippen molar-refractivity contribution in [1.82, 2.24) is 0 Å². The van der Waals surface area contributed by atoms with Crippen LogP contribution in [0.5, 0.6) is 0 Å². The molecule has 0 amide bonds. The van der Waals surface area contributed by atoms with Crippen molar-refractivity contribution in [2.24, 2.45) is 0 Å². The highest BCUT2D eigenvalue weighted by Crippen LogP contribution is 2.59. The van der Waals surface area contributed by atoms with Crippen LogP contribution in [0.2, 0.25) is 0 Å². The molecule has 42 heavy (non-hydrogen) atoms. The minimum absolute atomic E-state index is 0.226. The third-order valence-electron chi connectivity index (χ3n) is 7.32. The third kappa shape index (κ3) is 3.80. The van der Waals surface area contributed by atoms with E-state index >= 15 is 0 Å². The standard InChI is InChI=1S/C34H12F4N4/c35-27-7-3-19(11-29(27)37)17-1-5-23-25(9-17)31(21(13-39)14-40)34-24-6-2-18(20-4-8-28(36)30(38)12-20)10-26(24)32(33(23)34)22(15-41)16-42/h1-12H. The summed E-state index contributed by atoms with van der Waals surface area (Å²) in [6.07, 6.45) is 0. The molecule has 0 bridgehead atoms. The lowest BCUT2D eigenvalue weighted by atomic mass is 9.87. The van der Waals surface area contributed by atoms with Crippen LogP contribution in [0.25, 0.3) is 44.5 Å². The van der Waals surface area contributed by atoms with Crippen molar-refractivity contribution in [3.05, 3.63) is 129 Å². The highest BCUT2D eigenvalue weighted by molar-refractivity contribution is 6.38. The molecule has 4 aromatic rings. The zero-order chi connectivity index (χ0) is 29.7. The summed E-state index contributed by atoms with van der Waals surface area (Å²) in [5.74, 6) is -4.09. The second-order valence-corrected chi connectivity index (χ2v) is 9.48. The molecule has 0 unspecified atom stereocenters. The van der Waals surface area contributed by atoms with E-state index in [2.05, 4.69) is 0 Å². The molecule has 0 aliphatic heterocycles. The van der Waals surface area contributed by atoms with Crippen molar-refractivity contribution in [3.8, 4) is 46.5 Å². The molecule has 2 aliphatic carbocycles. The molecule has 0 heterocycles. The van der Waals surface area contributed by atoms with Crippen LogP contribution in [0.15, 0.2) is 83.9 Å². The van der Waals surface area contributed by atoms with Crippen molar-refractivity contribution in [1.29, 1.82) is 21.0 Å². The van der Waals surface area contributed by atoms with E-state index in [1.54, 1.807) is 36.4 Å². The van der Waals surface area contributed by atoms with Gasteiger partial charge in [-0.15, -0.1) is 0 Å². The lowest BCUT2D eigenvalue weighted by Crippen LogP contribution is -1.97. The number of nitriles is 4. The molecule has 0 saturated carbocycles. The van der Waals surface area contributed by atoms with Gasteiger partial charge in [0, 0.05) is 22.3 Å². The average molecular weight is 552 g/mol. The van der Waals surface area contributed by atoms with Crippen LogP contribution >= 0.6 is 0 Å². The smallest absolute Gasteiger partial charge is 0.159 e. The zero-order valence-electron chi connectivity index (χ0n) is 21.2. The van der Waals surface area contributed by atoms with E-state index in [9.17, 15) is 38.6 Å². The molecular formula is C34H12F4N4. The van der Waals surface area contributed by atoms with Crippen molar-refractivity contribution in [2.75, 3.05) is 0 Å². The number of halogens is 4. The monoisotopic (exact) mass is 552 g/mol. The van der Waals surface area contributed by atoms with E-state index in [0.717, 1.165) is 24.3 Å². The van der Waals surface area contributed by atoms with Gasteiger partial charge < -0.3 is 0 Å². The summed E-state index contributed by atoms with van der Waals surface area (Å²) >= 11 is 0. The van der Waals surface area contributed by atoms with Gasteiger partial charge in [-0.1, -0.05) is 36.4 Å². The molecule has 4 aromatic carbocycles. The van der Waals surface area contributed by atoms with Crippen LogP contribution in [0, 0.1) is 68.6 Å². The zero-order valence-corrected chi connectivity index (χ0v) is 21.2. The second kappa shape index (κ2) is 9.76. The van der Waals surface area contributed by atoms with Gasteiger partial charge in [0.1, 0.15) is 35.4 Å². The Bertz CT molecular complexity index is 1990. The first-order valence-electron chi connectivity index (χ1n) is 12.4. The van der Waals surface area contributed by atoms with Gasteiger partial charge in [0.05, 0.1) is 0 Å². The van der Waals surface area contributed by atoms with Gasteiger partial charge in [-0.2, -0.15) is 21.0 Å². The van der Waals surface area contributed by atoms with Crippen LogP contribution in [0.3, 0.4) is 0 Å². The molecule has 0 saturated heterocycles. The van der Waals surface area contributed by atoms with Crippen molar-refractivity contribution >= 4 is 22.3 Å². The molecule has 2 aliphatic rings. The van der Waals surface area contributed by atoms with E-state index in [1.807, 2.05) is 24.3 Å². The summed E-state index contributed by atoms with van der Waals surface area (Å²) < 4.78 is 55.3. The molecular weight excluding hydrogens is 540 g/mol. The lowest BCUT2D eigenvalue weighted by molar-refractivity contribution is 0.509. The summed E-state index contributed by atoms with van der Waals surface area (Å²) in [6.45, 7) is 0. The van der Waals surface area contributed by atoms with Gasteiger partial charge in [0.15, 0.2) is 23.3 Å². The van der Waals surface area contributed by atoms with E-state index in [4.69, 9.17) is 0 Å². The van der Waals surface area contributed by atoms with Crippen molar-refractivity contribution < 1.29 is 17.6 Å². The minimum atomic E-state index is -1.04. The van der Waals surface area contributed by atoms with Gasteiger partial charge in [0.2, 0.25) is 0 Å². The van der Waals surface area contributed by atoms with Crippen LogP contribution in [-0.4, -0.2) is 0 Å². The van der Waals surface area contributed by atoms with E-state index in [-0.39, 0.29) is 22.3 Å². The number of fused-ring (bicyclic) bond motifs is 4. The third-order valence-corrected chi connectivity index (χ3v) is 7.32. The van der Waals surface area contributed by atoms with Gasteiger partial charge in [-0.25, -0.2) is 17.6 Å². The van der Waals surface area contributed by atoms with Gasteiger partial charge >= 0.3 is 0 Å². The molecule has 6 rings (SSSR count). The van der Waals surface area contributed by atoms with Gasteiger partial charge in [0.25, 0.3) is 0 Å². The Morgan fingerprint density at radius 3 is 1.07 bits per heavy atom. The van der Waals surface area contributed by atoms with Crippen LogP contribution < -0.4 is 0 Å².